The molecule has 0 saturated carbocycles. The Morgan fingerprint density at radius 3 is 2.45 bits per heavy atom. The molecule has 1 aromatic carbocycles. The number of para-hydroxylation sites is 1. The van der Waals surface area contributed by atoms with Gasteiger partial charge in [0.15, 0.2) is 0 Å². The van der Waals surface area contributed by atoms with Gasteiger partial charge in [0, 0.05) is 13.0 Å². The largest absolute Gasteiger partial charge is 0.494 e. The zero-order valence-corrected chi connectivity index (χ0v) is 12.5. The highest BCUT2D eigenvalue weighted by Crippen LogP contribution is 2.14. The standard InChI is InChI=1S/C16H26N2O2/c1-3-16(4-2,13-17)18-15(19)11-8-12-20-14-9-6-5-7-10-14/h5-7,9-10H,3-4,8,11-13,17H2,1-2H3,(H,18,19). The molecule has 0 atom stereocenters. The molecule has 4 nitrogen and oxygen atoms in total. The van der Waals surface area contributed by atoms with E-state index in [0.29, 0.717) is 26.0 Å². The van der Waals surface area contributed by atoms with Gasteiger partial charge < -0.3 is 15.8 Å². The van der Waals surface area contributed by atoms with Crippen molar-refractivity contribution >= 4 is 5.91 Å². The smallest absolute Gasteiger partial charge is 0.220 e. The summed E-state index contributed by atoms with van der Waals surface area (Å²) in [6, 6.07) is 9.63. The van der Waals surface area contributed by atoms with E-state index in [1.807, 2.05) is 30.3 Å². The zero-order chi connectivity index (χ0) is 14.8. The first-order chi connectivity index (χ1) is 9.65. The Hall–Kier alpha value is -1.55. The lowest BCUT2D eigenvalue weighted by molar-refractivity contribution is -0.123. The van der Waals surface area contributed by atoms with Crippen LogP contribution in [0.4, 0.5) is 0 Å². The van der Waals surface area contributed by atoms with Crippen LogP contribution in [0, 0.1) is 0 Å². The minimum Gasteiger partial charge on any atom is -0.494 e. The van der Waals surface area contributed by atoms with Gasteiger partial charge in [0.2, 0.25) is 5.91 Å². The number of nitrogens with two attached hydrogens (primary N) is 1. The molecule has 0 aromatic heterocycles. The predicted octanol–water partition coefficient (Wildman–Crippen LogP) is 2.48. The first kappa shape index (κ1) is 16.5. The molecule has 0 heterocycles. The fraction of sp³-hybridized carbons (Fsp3) is 0.562. The monoisotopic (exact) mass is 278 g/mol. The molecule has 0 fully saturated rings. The van der Waals surface area contributed by atoms with E-state index < -0.39 is 0 Å². The summed E-state index contributed by atoms with van der Waals surface area (Å²) in [6.07, 6.45) is 2.88. The van der Waals surface area contributed by atoms with Crippen molar-refractivity contribution in [3.8, 4) is 5.75 Å². The zero-order valence-electron chi connectivity index (χ0n) is 12.5. The molecular weight excluding hydrogens is 252 g/mol. The maximum absolute atomic E-state index is 11.9. The molecule has 4 heteroatoms. The van der Waals surface area contributed by atoms with Gasteiger partial charge in [-0.25, -0.2) is 0 Å². The lowest BCUT2D eigenvalue weighted by Crippen LogP contribution is -2.52. The Bertz CT molecular complexity index is 380. The van der Waals surface area contributed by atoms with Crippen molar-refractivity contribution in [3.63, 3.8) is 0 Å². The first-order valence-corrected chi connectivity index (χ1v) is 7.34. The second-order valence-corrected chi connectivity index (χ2v) is 5.00. The van der Waals surface area contributed by atoms with Crippen molar-refractivity contribution in [3.05, 3.63) is 30.3 Å². The normalized spacial score (nSPS) is 11.2. The average Bonchev–Trinajstić information content (AvgIpc) is 2.50. The van der Waals surface area contributed by atoms with E-state index in [-0.39, 0.29) is 11.4 Å². The van der Waals surface area contributed by atoms with Gasteiger partial charge in [0.25, 0.3) is 0 Å². The third-order valence-electron chi connectivity index (χ3n) is 3.71. The molecule has 1 amide bonds. The fourth-order valence-electron chi connectivity index (χ4n) is 2.06. The van der Waals surface area contributed by atoms with Crippen molar-refractivity contribution < 1.29 is 9.53 Å². The maximum Gasteiger partial charge on any atom is 0.220 e. The van der Waals surface area contributed by atoms with Gasteiger partial charge >= 0.3 is 0 Å². The highest BCUT2D eigenvalue weighted by molar-refractivity contribution is 5.76. The maximum atomic E-state index is 11.9. The highest BCUT2D eigenvalue weighted by Gasteiger charge is 2.25. The van der Waals surface area contributed by atoms with Gasteiger partial charge in [-0.15, -0.1) is 0 Å². The van der Waals surface area contributed by atoms with Crippen LogP contribution in [0.5, 0.6) is 5.75 Å². The fourth-order valence-corrected chi connectivity index (χ4v) is 2.06. The number of amides is 1. The quantitative estimate of drug-likeness (QED) is 0.682. The molecule has 1 aromatic rings. The van der Waals surface area contributed by atoms with Crippen molar-refractivity contribution in [2.75, 3.05) is 13.2 Å². The van der Waals surface area contributed by atoms with Crippen LogP contribution in [0.1, 0.15) is 39.5 Å². The van der Waals surface area contributed by atoms with Crippen LogP contribution in [0.3, 0.4) is 0 Å². The molecule has 20 heavy (non-hydrogen) atoms. The van der Waals surface area contributed by atoms with E-state index in [4.69, 9.17) is 10.5 Å². The number of ether oxygens (including phenoxy) is 1. The molecule has 0 unspecified atom stereocenters. The van der Waals surface area contributed by atoms with Gasteiger partial charge in [-0.2, -0.15) is 0 Å². The predicted molar refractivity (Wildman–Crippen MR) is 81.7 cm³/mol. The molecule has 0 aliphatic heterocycles. The topological polar surface area (TPSA) is 64.3 Å². The molecule has 0 aliphatic rings. The number of carbonyl (C=O) groups is 1. The summed E-state index contributed by atoms with van der Waals surface area (Å²) in [5, 5.41) is 3.06. The first-order valence-electron chi connectivity index (χ1n) is 7.34. The van der Waals surface area contributed by atoms with E-state index in [1.165, 1.54) is 0 Å². The number of carbonyl (C=O) groups excluding carboxylic acids is 1. The Kier molecular flexibility index (Phi) is 7.09. The van der Waals surface area contributed by atoms with Crippen molar-refractivity contribution in [2.24, 2.45) is 5.73 Å². The molecule has 0 aliphatic carbocycles. The Morgan fingerprint density at radius 2 is 1.90 bits per heavy atom. The van der Waals surface area contributed by atoms with Crippen molar-refractivity contribution in [1.82, 2.24) is 5.32 Å². The Morgan fingerprint density at radius 1 is 1.25 bits per heavy atom. The molecule has 0 bridgehead atoms. The number of hydrogen-bond acceptors (Lipinski definition) is 3. The minimum atomic E-state index is -0.253. The van der Waals surface area contributed by atoms with Crippen LogP contribution in [-0.4, -0.2) is 24.6 Å². The summed E-state index contributed by atoms with van der Waals surface area (Å²) in [6.45, 7) is 5.13. The van der Waals surface area contributed by atoms with Crippen molar-refractivity contribution in [2.45, 2.75) is 45.1 Å². The summed E-state index contributed by atoms with van der Waals surface area (Å²) in [5.74, 6) is 0.891. The van der Waals surface area contributed by atoms with Gasteiger partial charge in [-0.05, 0) is 31.4 Å². The lowest BCUT2D eigenvalue weighted by Gasteiger charge is -2.31. The lowest BCUT2D eigenvalue weighted by atomic mass is 9.92. The van der Waals surface area contributed by atoms with E-state index in [1.54, 1.807) is 0 Å². The van der Waals surface area contributed by atoms with E-state index in [0.717, 1.165) is 18.6 Å². The van der Waals surface area contributed by atoms with Crippen LogP contribution in [0.25, 0.3) is 0 Å². The molecule has 3 N–H and O–H groups in total. The Balaban J connectivity index is 2.26. The second kappa shape index (κ2) is 8.59. The Labute approximate surface area is 121 Å². The molecule has 1 rings (SSSR count). The number of hydrogen-bond donors (Lipinski definition) is 2. The minimum absolute atomic E-state index is 0.0517. The highest BCUT2D eigenvalue weighted by atomic mass is 16.5. The second-order valence-electron chi connectivity index (χ2n) is 5.00. The van der Waals surface area contributed by atoms with Gasteiger partial charge in [0.05, 0.1) is 12.1 Å². The number of benzene rings is 1. The average molecular weight is 278 g/mol. The van der Waals surface area contributed by atoms with E-state index in [2.05, 4.69) is 19.2 Å². The third-order valence-corrected chi connectivity index (χ3v) is 3.71. The third kappa shape index (κ3) is 5.21. The molecule has 0 radical (unpaired) electrons. The van der Waals surface area contributed by atoms with Gasteiger partial charge in [-0.3, -0.25) is 4.79 Å². The summed E-state index contributed by atoms with van der Waals surface area (Å²) < 4.78 is 5.56. The van der Waals surface area contributed by atoms with E-state index >= 15 is 0 Å². The molecule has 0 saturated heterocycles. The van der Waals surface area contributed by atoms with Crippen LogP contribution in [0.15, 0.2) is 30.3 Å². The van der Waals surface area contributed by atoms with Crippen LogP contribution in [-0.2, 0) is 4.79 Å². The van der Waals surface area contributed by atoms with Gasteiger partial charge in [0.1, 0.15) is 5.75 Å². The number of rotatable bonds is 9. The molecule has 112 valence electrons. The summed E-state index contributed by atoms with van der Waals surface area (Å²) >= 11 is 0. The van der Waals surface area contributed by atoms with Crippen LogP contribution in [0.2, 0.25) is 0 Å². The van der Waals surface area contributed by atoms with Crippen LogP contribution >= 0.6 is 0 Å². The summed E-state index contributed by atoms with van der Waals surface area (Å²) in [7, 11) is 0. The van der Waals surface area contributed by atoms with E-state index in [9.17, 15) is 4.79 Å². The molecular formula is C16H26N2O2. The van der Waals surface area contributed by atoms with Crippen molar-refractivity contribution in [1.29, 1.82) is 0 Å². The molecule has 0 spiro atoms. The van der Waals surface area contributed by atoms with Gasteiger partial charge in [-0.1, -0.05) is 32.0 Å². The number of nitrogens with one attached hydrogen (secondary N) is 1. The van der Waals surface area contributed by atoms with Crippen LogP contribution < -0.4 is 15.8 Å². The SMILES string of the molecule is CCC(CC)(CN)NC(=O)CCCOc1ccccc1. The summed E-state index contributed by atoms with van der Waals surface area (Å²) in [4.78, 5) is 11.9. The summed E-state index contributed by atoms with van der Waals surface area (Å²) in [5.41, 5.74) is 5.52.